The van der Waals surface area contributed by atoms with Gasteiger partial charge in [0.1, 0.15) is 42.1 Å². The van der Waals surface area contributed by atoms with E-state index in [9.17, 15) is 62.3 Å². The number of hydrogen-bond acceptors (Lipinski definition) is 18. The van der Waals surface area contributed by atoms with Crippen LogP contribution in [0.25, 0.3) is 22.3 Å². The predicted octanol–water partition coefficient (Wildman–Crippen LogP) is 2.27. The lowest BCUT2D eigenvalue weighted by molar-refractivity contribution is -0.137. The van der Waals surface area contributed by atoms with E-state index in [1.807, 2.05) is 6.07 Å². The van der Waals surface area contributed by atoms with Gasteiger partial charge in [-0.25, -0.2) is 33.0 Å². The Bertz CT molecular complexity index is 2490. The smallest absolute Gasteiger partial charge is 0.386 e. The van der Waals surface area contributed by atoms with Crippen LogP contribution in [0.1, 0.15) is 44.9 Å². The quantitative estimate of drug-likeness (QED) is 0.0403. The molecule has 10 N–H and O–H groups in total. The maximum Gasteiger partial charge on any atom is 0.481 e. The van der Waals surface area contributed by atoms with Gasteiger partial charge in [-0.05, 0) is 17.2 Å². The molecule has 8 atom stereocenters. The van der Waals surface area contributed by atoms with Crippen molar-refractivity contribution in [2.24, 2.45) is 5.41 Å². The number of hydrogen-bond donors (Lipinski definition) is 9. The minimum absolute atomic E-state index is 0.0210. The SMILES string of the molecule is CC(C(=O)SCCNC(=O)CCNC(=O)C(O)C(C)(C)COP(=O)(O)OP(=O)(O)OCC1OC(n2cnc3c(N)ncnc32)C(O)C1OP(=O)(O)O)c1ccc(-c2ccccc2)c(F)c1. The number of benzene rings is 2. The molecule has 1 fully saturated rings. The highest BCUT2D eigenvalue weighted by molar-refractivity contribution is 8.13. The van der Waals surface area contributed by atoms with Gasteiger partial charge in [0.05, 0.1) is 25.5 Å². The van der Waals surface area contributed by atoms with E-state index in [4.69, 9.17) is 19.5 Å². The number of phosphoric ester groups is 3. The first-order valence-corrected chi connectivity index (χ1v) is 24.8. The summed E-state index contributed by atoms with van der Waals surface area (Å²) < 4.78 is 77.2. The number of nitrogen functional groups attached to an aromatic ring is 1. The zero-order chi connectivity index (χ0) is 47.9. The number of fused-ring (bicyclic) bond motifs is 1. The molecule has 24 nitrogen and oxygen atoms in total. The van der Waals surface area contributed by atoms with E-state index < -0.39 is 96.3 Å². The van der Waals surface area contributed by atoms with Crippen LogP contribution in [0.15, 0.2) is 61.2 Å². The predicted molar refractivity (Wildman–Crippen MR) is 227 cm³/mol. The number of anilines is 1. The zero-order valence-electron chi connectivity index (χ0n) is 34.6. The van der Waals surface area contributed by atoms with Gasteiger partial charge in [-0.15, -0.1) is 0 Å². The molecule has 0 spiro atoms. The third-order valence-corrected chi connectivity index (χ3v) is 13.8. The number of nitrogens with zero attached hydrogens (tertiary/aromatic N) is 4. The number of rotatable bonds is 22. The molecule has 0 radical (unpaired) electrons. The number of aliphatic hydroxyl groups excluding tert-OH is 2. The van der Waals surface area contributed by atoms with Crippen LogP contribution in [0.4, 0.5) is 10.2 Å². The fourth-order valence-corrected chi connectivity index (χ4v) is 9.82. The molecule has 4 aromatic rings. The van der Waals surface area contributed by atoms with Gasteiger partial charge in [-0.1, -0.05) is 75.0 Å². The van der Waals surface area contributed by atoms with Gasteiger partial charge in [-0.3, -0.25) is 32.5 Å². The van der Waals surface area contributed by atoms with Gasteiger partial charge < -0.3 is 50.9 Å². The van der Waals surface area contributed by atoms with Gasteiger partial charge >= 0.3 is 23.5 Å². The van der Waals surface area contributed by atoms with Crippen LogP contribution in [-0.2, 0) is 50.7 Å². The largest absolute Gasteiger partial charge is 0.481 e. The Morgan fingerprint density at radius 3 is 2.37 bits per heavy atom. The molecular formula is C36H47FN7O17P3S. The van der Waals surface area contributed by atoms with E-state index in [0.29, 0.717) is 16.7 Å². The summed E-state index contributed by atoms with van der Waals surface area (Å²) in [5.41, 5.74) is 5.83. The van der Waals surface area contributed by atoms with Crippen LogP contribution in [0.5, 0.6) is 0 Å². The number of carbonyl (C=O) groups excluding carboxylic acids is 3. The lowest BCUT2D eigenvalue weighted by Crippen LogP contribution is -2.46. The Morgan fingerprint density at radius 2 is 1.69 bits per heavy atom. The molecule has 8 unspecified atom stereocenters. The van der Waals surface area contributed by atoms with E-state index in [0.717, 1.165) is 29.0 Å². The normalized spacial score (nSPS) is 20.7. The first-order chi connectivity index (χ1) is 30.4. The van der Waals surface area contributed by atoms with E-state index in [1.165, 1.54) is 19.9 Å². The average Bonchev–Trinajstić information content (AvgIpc) is 3.80. The summed E-state index contributed by atoms with van der Waals surface area (Å²) in [6.07, 6.45) is -7.09. The topological polar surface area (TPSA) is 364 Å². The minimum atomic E-state index is -5.60. The van der Waals surface area contributed by atoms with Gasteiger partial charge in [0.2, 0.25) is 11.8 Å². The molecule has 2 amide bonds. The van der Waals surface area contributed by atoms with Gasteiger partial charge in [0.25, 0.3) is 0 Å². The molecule has 65 heavy (non-hydrogen) atoms. The first kappa shape index (κ1) is 51.9. The van der Waals surface area contributed by atoms with Crippen molar-refractivity contribution in [3.63, 3.8) is 0 Å². The molecule has 1 aliphatic heterocycles. The molecule has 0 bridgehead atoms. The molecule has 0 aliphatic carbocycles. The van der Waals surface area contributed by atoms with Crippen molar-refractivity contribution in [1.29, 1.82) is 0 Å². The van der Waals surface area contributed by atoms with Crippen molar-refractivity contribution in [2.75, 3.05) is 37.8 Å². The van der Waals surface area contributed by atoms with Crippen molar-refractivity contribution in [3.05, 3.63) is 72.6 Å². The van der Waals surface area contributed by atoms with Crippen molar-refractivity contribution >= 4 is 69.1 Å². The molecule has 2 aromatic carbocycles. The Hall–Kier alpha value is -4.07. The Morgan fingerprint density at radius 1 is 1.00 bits per heavy atom. The first-order valence-electron chi connectivity index (χ1n) is 19.3. The van der Waals surface area contributed by atoms with Crippen molar-refractivity contribution in [2.45, 2.75) is 63.8 Å². The Balaban J connectivity index is 1.02. The summed E-state index contributed by atoms with van der Waals surface area (Å²) in [6.45, 7) is 1.91. The number of aliphatic hydroxyl groups is 2. The summed E-state index contributed by atoms with van der Waals surface area (Å²) >= 11 is 0.957. The van der Waals surface area contributed by atoms with Crippen molar-refractivity contribution in [3.8, 4) is 11.1 Å². The minimum Gasteiger partial charge on any atom is -0.386 e. The number of aromatic nitrogens is 4. The summed E-state index contributed by atoms with van der Waals surface area (Å²) in [7, 11) is -16.5. The molecular weight excluding hydrogens is 946 g/mol. The van der Waals surface area contributed by atoms with E-state index >= 15 is 0 Å². The number of thioether (sulfide) groups is 1. The second-order valence-corrected chi connectivity index (χ2v) is 20.4. The number of nitrogens with two attached hydrogens (primary N) is 1. The second kappa shape index (κ2) is 21.7. The fourth-order valence-electron chi connectivity index (χ4n) is 6.20. The van der Waals surface area contributed by atoms with Crippen LogP contribution in [0.3, 0.4) is 0 Å². The number of phosphoric acid groups is 3. The second-order valence-electron chi connectivity index (χ2n) is 15.1. The van der Waals surface area contributed by atoms with E-state index in [-0.39, 0.29) is 47.4 Å². The number of nitrogens with one attached hydrogen (secondary N) is 2. The maximum absolute atomic E-state index is 14.8. The van der Waals surface area contributed by atoms with Gasteiger partial charge in [0.15, 0.2) is 22.8 Å². The standard InChI is InChI=1S/C36H47FN7O17P3S/c1-20(22-9-10-23(24(37)15-22)21-7-5-4-6-8-21)35(49)65-14-13-39-26(45)11-12-40-33(48)30(47)36(2,3)17-58-64(55,56)61-63(53,54)57-16-25-29(60-62(50,51)52)28(46)34(59-25)44-19-43-27-31(38)41-18-42-32(27)44/h4-10,15,18-20,25,28-30,34,46-47H,11-14,16-17H2,1-3H3,(H,39,45)(H,40,48)(H,53,54)(H,55,56)(H2,38,41,42)(H2,50,51,52). The van der Waals surface area contributed by atoms with Crippen LogP contribution < -0.4 is 16.4 Å². The Kier molecular flexibility index (Phi) is 17.3. The average molecular weight is 994 g/mol. The number of ether oxygens (including phenoxy) is 1. The zero-order valence-corrected chi connectivity index (χ0v) is 38.1. The molecule has 5 rings (SSSR count). The lowest BCUT2D eigenvalue weighted by Gasteiger charge is -2.30. The van der Waals surface area contributed by atoms with E-state index in [2.05, 4.69) is 34.4 Å². The van der Waals surface area contributed by atoms with Crippen molar-refractivity contribution < 1.29 is 84.9 Å². The molecule has 2 aromatic heterocycles. The monoisotopic (exact) mass is 993 g/mol. The summed E-state index contributed by atoms with van der Waals surface area (Å²) in [4.78, 5) is 88.9. The Labute approximate surface area is 373 Å². The number of amides is 2. The van der Waals surface area contributed by atoms with Crippen LogP contribution in [0.2, 0.25) is 0 Å². The summed E-state index contributed by atoms with van der Waals surface area (Å²) in [5.74, 6) is -2.43. The third-order valence-electron chi connectivity index (χ3n) is 9.68. The van der Waals surface area contributed by atoms with Gasteiger partial charge in [-0.2, -0.15) is 4.31 Å². The number of halogens is 1. The van der Waals surface area contributed by atoms with Crippen molar-refractivity contribution in [1.82, 2.24) is 30.2 Å². The van der Waals surface area contributed by atoms with E-state index in [1.54, 1.807) is 43.3 Å². The molecule has 0 saturated carbocycles. The highest BCUT2D eigenvalue weighted by Crippen LogP contribution is 2.61. The fraction of sp³-hybridized carbons (Fsp3) is 0.444. The van der Waals surface area contributed by atoms with Crippen LogP contribution >= 0.6 is 35.2 Å². The third kappa shape index (κ3) is 14.2. The molecule has 3 heterocycles. The van der Waals surface area contributed by atoms with Gasteiger partial charge in [0, 0.05) is 36.2 Å². The summed E-state index contributed by atoms with van der Waals surface area (Å²) in [6, 6.07) is 13.6. The molecule has 1 saturated heterocycles. The van der Waals surface area contributed by atoms with Crippen LogP contribution in [-0.4, -0.2) is 123 Å². The highest BCUT2D eigenvalue weighted by Gasteiger charge is 2.50. The lowest BCUT2D eigenvalue weighted by atomic mass is 9.87. The molecule has 356 valence electrons. The number of carbonyl (C=O) groups is 3. The van der Waals surface area contributed by atoms with Crippen LogP contribution in [0, 0.1) is 11.2 Å². The number of imidazole rings is 1. The highest BCUT2D eigenvalue weighted by atomic mass is 32.2. The molecule has 1 aliphatic rings. The summed E-state index contributed by atoms with van der Waals surface area (Å²) in [5, 5.41) is 26.3. The maximum atomic E-state index is 14.8. The molecule has 29 heteroatoms.